The van der Waals surface area contributed by atoms with E-state index in [1.807, 2.05) is 0 Å². The van der Waals surface area contributed by atoms with Gasteiger partial charge in [0.2, 0.25) is 0 Å². The van der Waals surface area contributed by atoms with Crippen LogP contribution in [0.15, 0.2) is 0 Å². The standard InChI is InChI=1S/C8H18OP/c1-3-5-7-10(9)8-6-4-2/h3-8H2,1-2H3. The lowest BCUT2D eigenvalue weighted by atomic mass is 10.4. The molecule has 10 heavy (non-hydrogen) atoms. The molecule has 2 heteroatoms. The zero-order valence-corrected chi connectivity index (χ0v) is 7.99. The molecule has 0 fully saturated rings. The van der Waals surface area contributed by atoms with Gasteiger partial charge in [-0.15, -0.1) is 0 Å². The summed E-state index contributed by atoms with van der Waals surface area (Å²) < 4.78 is 11.1. The molecule has 0 aliphatic heterocycles. The van der Waals surface area contributed by atoms with Gasteiger partial charge in [0, 0.05) is 12.3 Å². The van der Waals surface area contributed by atoms with Crippen LogP contribution in [0, 0.1) is 0 Å². The Labute approximate surface area is 65.0 Å². The van der Waals surface area contributed by atoms with Crippen LogP contribution in [0.25, 0.3) is 0 Å². The van der Waals surface area contributed by atoms with Crippen LogP contribution in [0.2, 0.25) is 0 Å². The molecule has 0 N–H and O–H groups in total. The van der Waals surface area contributed by atoms with Gasteiger partial charge in [-0.3, -0.25) is 4.57 Å². The summed E-state index contributed by atoms with van der Waals surface area (Å²) in [6.45, 7) is 4.28. The lowest BCUT2D eigenvalue weighted by Crippen LogP contribution is -1.82. The van der Waals surface area contributed by atoms with Gasteiger partial charge < -0.3 is 0 Å². The molecule has 0 aromatic carbocycles. The van der Waals surface area contributed by atoms with Crippen molar-refractivity contribution in [3.8, 4) is 0 Å². The van der Waals surface area contributed by atoms with Crippen LogP contribution in [-0.2, 0) is 4.57 Å². The summed E-state index contributed by atoms with van der Waals surface area (Å²) in [7, 11) is -0.842. The van der Waals surface area contributed by atoms with Gasteiger partial charge >= 0.3 is 0 Å². The van der Waals surface area contributed by atoms with Crippen LogP contribution >= 0.6 is 7.80 Å². The van der Waals surface area contributed by atoms with E-state index in [2.05, 4.69) is 13.8 Å². The third kappa shape index (κ3) is 6.22. The van der Waals surface area contributed by atoms with E-state index in [4.69, 9.17) is 0 Å². The molecule has 0 atom stereocenters. The van der Waals surface area contributed by atoms with Gasteiger partial charge in [-0.2, -0.15) is 0 Å². The molecule has 0 saturated heterocycles. The van der Waals surface area contributed by atoms with E-state index in [0.29, 0.717) is 0 Å². The summed E-state index contributed by atoms with van der Waals surface area (Å²) in [5, 5.41) is 0. The molecular weight excluding hydrogens is 143 g/mol. The summed E-state index contributed by atoms with van der Waals surface area (Å²) in [5.74, 6) is 0. The summed E-state index contributed by atoms with van der Waals surface area (Å²) in [4.78, 5) is 0. The fraction of sp³-hybridized carbons (Fsp3) is 1.00. The highest BCUT2D eigenvalue weighted by Crippen LogP contribution is 2.23. The number of hydrogen-bond acceptors (Lipinski definition) is 1. The maximum atomic E-state index is 11.1. The molecule has 0 aromatic rings. The minimum absolute atomic E-state index is 0.842. The Morgan fingerprint density at radius 1 is 1.00 bits per heavy atom. The highest BCUT2D eigenvalue weighted by atomic mass is 31.1. The fourth-order valence-electron chi connectivity index (χ4n) is 0.781. The van der Waals surface area contributed by atoms with Crippen LogP contribution in [0.4, 0.5) is 0 Å². The van der Waals surface area contributed by atoms with Crippen molar-refractivity contribution >= 4 is 7.80 Å². The topological polar surface area (TPSA) is 17.1 Å². The maximum absolute atomic E-state index is 11.1. The second-order valence-electron chi connectivity index (χ2n) is 2.64. The SMILES string of the molecule is CCCC[P](=O)CCCC. The van der Waals surface area contributed by atoms with E-state index in [0.717, 1.165) is 25.2 Å². The summed E-state index contributed by atoms with van der Waals surface area (Å²) >= 11 is 0. The van der Waals surface area contributed by atoms with E-state index in [-0.39, 0.29) is 0 Å². The van der Waals surface area contributed by atoms with Gasteiger partial charge in [0.15, 0.2) is 0 Å². The molecule has 0 aliphatic carbocycles. The third-order valence-electron chi connectivity index (χ3n) is 1.52. The van der Waals surface area contributed by atoms with Gasteiger partial charge in [-0.05, 0) is 12.8 Å². The molecule has 0 saturated carbocycles. The Morgan fingerprint density at radius 2 is 1.40 bits per heavy atom. The maximum Gasteiger partial charge on any atom is 0.0718 e. The van der Waals surface area contributed by atoms with Crippen LogP contribution < -0.4 is 0 Å². The normalized spacial score (nSPS) is 9.80. The van der Waals surface area contributed by atoms with Crippen LogP contribution in [0.5, 0.6) is 0 Å². The lowest BCUT2D eigenvalue weighted by Gasteiger charge is -1.96. The lowest BCUT2D eigenvalue weighted by molar-refractivity contribution is 0.584. The molecule has 0 unspecified atom stereocenters. The highest BCUT2D eigenvalue weighted by molar-refractivity contribution is 7.44. The first kappa shape index (κ1) is 10.1. The van der Waals surface area contributed by atoms with Gasteiger partial charge in [0.05, 0.1) is 7.80 Å². The minimum atomic E-state index is -0.842. The van der Waals surface area contributed by atoms with Gasteiger partial charge in [0.25, 0.3) is 0 Å². The Kier molecular flexibility index (Phi) is 7.28. The predicted octanol–water partition coefficient (Wildman–Crippen LogP) is 3.41. The van der Waals surface area contributed by atoms with Crippen molar-refractivity contribution < 1.29 is 4.57 Å². The Morgan fingerprint density at radius 3 is 1.70 bits per heavy atom. The van der Waals surface area contributed by atoms with Crippen molar-refractivity contribution in [3.63, 3.8) is 0 Å². The van der Waals surface area contributed by atoms with Gasteiger partial charge in [0.1, 0.15) is 0 Å². The predicted molar refractivity (Wildman–Crippen MR) is 47.2 cm³/mol. The molecule has 0 bridgehead atoms. The van der Waals surface area contributed by atoms with Crippen LogP contribution in [0.1, 0.15) is 39.5 Å². The van der Waals surface area contributed by atoms with E-state index in [1.54, 1.807) is 0 Å². The Bertz CT molecular complexity index is 81.3. The zero-order chi connectivity index (χ0) is 7.82. The third-order valence-corrected chi connectivity index (χ3v) is 3.15. The summed E-state index contributed by atoms with van der Waals surface area (Å²) in [6, 6.07) is 0. The van der Waals surface area contributed by atoms with Crippen LogP contribution in [-0.4, -0.2) is 12.3 Å². The first-order valence-electron chi connectivity index (χ1n) is 4.23. The molecule has 0 heterocycles. The number of hydrogen-bond donors (Lipinski definition) is 0. The Hall–Kier alpha value is 0.100. The van der Waals surface area contributed by atoms with Crippen molar-refractivity contribution in [2.24, 2.45) is 0 Å². The second kappa shape index (κ2) is 7.21. The average Bonchev–Trinajstić information content (AvgIpc) is 1.97. The van der Waals surface area contributed by atoms with E-state index >= 15 is 0 Å². The van der Waals surface area contributed by atoms with Crippen molar-refractivity contribution in [1.29, 1.82) is 0 Å². The quantitative estimate of drug-likeness (QED) is 0.545. The van der Waals surface area contributed by atoms with Crippen molar-refractivity contribution in [2.45, 2.75) is 39.5 Å². The second-order valence-corrected chi connectivity index (χ2v) is 4.49. The van der Waals surface area contributed by atoms with Crippen molar-refractivity contribution in [1.82, 2.24) is 0 Å². The molecule has 0 aromatic heterocycles. The van der Waals surface area contributed by atoms with Gasteiger partial charge in [-0.1, -0.05) is 26.7 Å². The first-order chi connectivity index (χ1) is 4.81. The molecule has 1 radical (unpaired) electrons. The number of rotatable bonds is 6. The Balaban J connectivity index is 3.09. The fourth-order valence-corrected chi connectivity index (χ4v) is 2.34. The molecule has 0 rings (SSSR count). The minimum Gasteiger partial charge on any atom is -0.287 e. The highest BCUT2D eigenvalue weighted by Gasteiger charge is 1.97. The van der Waals surface area contributed by atoms with E-state index < -0.39 is 7.80 Å². The molecule has 0 aliphatic rings. The van der Waals surface area contributed by atoms with Gasteiger partial charge in [-0.25, -0.2) is 0 Å². The summed E-state index contributed by atoms with van der Waals surface area (Å²) in [5.41, 5.74) is 0. The number of unbranched alkanes of at least 4 members (excludes halogenated alkanes) is 2. The van der Waals surface area contributed by atoms with E-state index in [9.17, 15) is 4.57 Å². The molecule has 1 nitrogen and oxygen atoms in total. The first-order valence-corrected chi connectivity index (χ1v) is 5.86. The van der Waals surface area contributed by atoms with Crippen LogP contribution in [0.3, 0.4) is 0 Å². The monoisotopic (exact) mass is 161 g/mol. The molecule has 0 spiro atoms. The molecule has 61 valence electrons. The van der Waals surface area contributed by atoms with Crippen molar-refractivity contribution in [3.05, 3.63) is 0 Å². The smallest absolute Gasteiger partial charge is 0.0718 e. The molecular formula is C8H18OP. The molecule has 0 amide bonds. The zero-order valence-electron chi connectivity index (χ0n) is 7.10. The largest absolute Gasteiger partial charge is 0.287 e. The summed E-state index contributed by atoms with van der Waals surface area (Å²) in [6.07, 6.45) is 6.52. The van der Waals surface area contributed by atoms with E-state index in [1.165, 1.54) is 12.8 Å². The average molecular weight is 161 g/mol. The van der Waals surface area contributed by atoms with Crippen molar-refractivity contribution in [2.75, 3.05) is 12.3 Å².